The zero-order valence-corrected chi connectivity index (χ0v) is 15.1. The molecule has 0 aliphatic carbocycles. The minimum absolute atomic E-state index is 0.309. The lowest BCUT2D eigenvalue weighted by molar-refractivity contribution is 0.477. The molecule has 1 aliphatic heterocycles. The molecule has 2 heterocycles. The molecule has 2 nitrogen and oxygen atoms in total. The molecule has 5 rings (SSSR count). The van der Waals surface area contributed by atoms with Gasteiger partial charge in [-0.05, 0) is 32.9 Å². The van der Waals surface area contributed by atoms with Crippen molar-refractivity contribution in [1.29, 1.82) is 0 Å². The second kappa shape index (κ2) is 5.68. The predicted molar refractivity (Wildman–Crippen MR) is 109 cm³/mol. The largest absolute Gasteiger partial charge is 0.507 e. The number of hydrogen-bond donors (Lipinski definition) is 1. The summed E-state index contributed by atoms with van der Waals surface area (Å²) in [6.45, 7) is 0. The summed E-state index contributed by atoms with van der Waals surface area (Å²) in [7, 11) is -2.48. The van der Waals surface area contributed by atoms with Crippen LogP contribution in [0, 0.1) is 0 Å². The van der Waals surface area contributed by atoms with Crippen molar-refractivity contribution in [2.75, 3.05) is 0 Å². The average Bonchev–Trinajstić information content (AvgIpc) is 3.02. The molecule has 0 saturated heterocycles. The molecule has 0 radical (unpaired) electrons. The summed E-state index contributed by atoms with van der Waals surface area (Å²) in [5.74, 6) is 0.309. The van der Waals surface area contributed by atoms with Gasteiger partial charge >= 0.3 is 0 Å². The summed E-state index contributed by atoms with van der Waals surface area (Å²) >= 11 is 0. The lowest BCUT2D eigenvalue weighted by atomic mass is 10.1. The van der Waals surface area contributed by atoms with Gasteiger partial charge in [0.05, 0.1) is 5.69 Å². The van der Waals surface area contributed by atoms with E-state index in [1.54, 1.807) is 6.07 Å². The van der Waals surface area contributed by atoms with E-state index < -0.39 is 8.07 Å². The third-order valence-corrected chi connectivity index (χ3v) is 10.1. The first-order chi connectivity index (χ1) is 12.8. The summed E-state index contributed by atoms with van der Waals surface area (Å²) in [6.07, 6.45) is 1.82. The molecule has 0 amide bonds. The van der Waals surface area contributed by atoms with Crippen molar-refractivity contribution in [3.8, 4) is 17.0 Å². The Balaban J connectivity index is 2.00. The number of benzene rings is 3. The summed E-state index contributed by atoms with van der Waals surface area (Å²) in [4.78, 5) is 4.68. The van der Waals surface area contributed by atoms with Crippen molar-refractivity contribution >= 4 is 28.8 Å². The van der Waals surface area contributed by atoms with Crippen molar-refractivity contribution in [2.45, 2.75) is 0 Å². The molecule has 1 aliphatic rings. The summed E-state index contributed by atoms with van der Waals surface area (Å²) < 4.78 is 0. The zero-order chi connectivity index (χ0) is 17.6. The van der Waals surface area contributed by atoms with Gasteiger partial charge in [0.1, 0.15) is 5.75 Å². The highest BCUT2D eigenvalue weighted by Crippen LogP contribution is 2.33. The average molecular weight is 351 g/mol. The van der Waals surface area contributed by atoms with Crippen molar-refractivity contribution in [1.82, 2.24) is 4.98 Å². The van der Waals surface area contributed by atoms with Crippen molar-refractivity contribution in [3.63, 3.8) is 0 Å². The molecule has 26 heavy (non-hydrogen) atoms. The SMILES string of the molecule is Oc1cccc2c1-c1ncccc1[Si]2(c1ccccc1)c1ccccc1. The molecule has 0 unspecified atom stereocenters. The molecule has 4 aromatic rings. The number of aromatic nitrogens is 1. The molecule has 124 valence electrons. The van der Waals surface area contributed by atoms with Crippen LogP contribution in [0.5, 0.6) is 5.75 Å². The molecule has 1 N–H and O–H groups in total. The van der Waals surface area contributed by atoms with E-state index in [2.05, 4.69) is 77.8 Å². The maximum Gasteiger partial charge on any atom is 0.182 e. The quantitative estimate of drug-likeness (QED) is 0.495. The molecule has 1 aromatic heterocycles. The molecule has 0 fully saturated rings. The molecular weight excluding hydrogens is 334 g/mol. The molecule has 0 atom stereocenters. The number of nitrogens with zero attached hydrogens (tertiary/aromatic N) is 1. The van der Waals surface area contributed by atoms with E-state index in [1.807, 2.05) is 18.3 Å². The van der Waals surface area contributed by atoms with Crippen LogP contribution in [-0.4, -0.2) is 18.2 Å². The molecule has 0 saturated carbocycles. The van der Waals surface area contributed by atoms with E-state index >= 15 is 0 Å². The standard InChI is InChI=1S/C23H17NOSi/c25-19-13-7-14-20-22(19)23-21(15-8-16-24-23)26(20,17-9-3-1-4-10-17)18-11-5-2-6-12-18/h1-16,25H. The monoisotopic (exact) mass is 351 g/mol. The van der Waals surface area contributed by atoms with E-state index in [4.69, 9.17) is 0 Å². The minimum Gasteiger partial charge on any atom is -0.507 e. The predicted octanol–water partition coefficient (Wildman–Crippen LogP) is 2.14. The number of hydrogen-bond acceptors (Lipinski definition) is 2. The van der Waals surface area contributed by atoms with Crippen molar-refractivity contribution in [3.05, 3.63) is 97.2 Å². The van der Waals surface area contributed by atoms with Crippen molar-refractivity contribution < 1.29 is 5.11 Å². The Bertz CT molecular complexity index is 1050. The second-order valence-corrected chi connectivity index (χ2v) is 10.3. The summed E-state index contributed by atoms with van der Waals surface area (Å²) in [5.41, 5.74) is 1.81. The Kier molecular flexibility index (Phi) is 3.30. The highest BCUT2D eigenvalue weighted by atomic mass is 28.3. The Morgan fingerprint density at radius 3 is 1.88 bits per heavy atom. The maximum absolute atomic E-state index is 10.7. The molecular formula is C23H17NOSi. The Labute approximate surface area is 153 Å². The van der Waals surface area contributed by atoms with Crippen molar-refractivity contribution in [2.24, 2.45) is 0 Å². The second-order valence-electron chi connectivity index (χ2n) is 6.58. The van der Waals surface area contributed by atoms with Crippen LogP contribution < -0.4 is 20.7 Å². The van der Waals surface area contributed by atoms with E-state index in [0.29, 0.717) is 5.75 Å². The lowest BCUT2D eigenvalue weighted by Crippen LogP contribution is -2.72. The van der Waals surface area contributed by atoms with Gasteiger partial charge in [-0.2, -0.15) is 0 Å². The third-order valence-electron chi connectivity index (χ3n) is 5.31. The van der Waals surface area contributed by atoms with Gasteiger partial charge in [-0.15, -0.1) is 0 Å². The number of aromatic hydroxyl groups is 1. The lowest BCUT2D eigenvalue weighted by Gasteiger charge is -2.30. The number of fused-ring (bicyclic) bond motifs is 3. The van der Waals surface area contributed by atoms with Crippen LogP contribution in [0.15, 0.2) is 97.2 Å². The Morgan fingerprint density at radius 1 is 0.615 bits per heavy atom. The topological polar surface area (TPSA) is 33.1 Å². The first kappa shape index (κ1) is 15.1. The van der Waals surface area contributed by atoms with Crippen LogP contribution >= 0.6 is 0 Å². The fraction of sp³-hybridized carbons (Fsp3) is 0. The van der Waals surface area contributed by atoms with Gasteiger partial charge in [0.15, 0.2) is 8.07 Å². The van der Waals surface area contributed by atoms with Crippen LogP contribution in [0.4, 0.5) is 0 Å². The first-order valence-electron chi connectivity index (χ1n) is 8.73. The number of phenols is 1. The third kappa shape index (κ3) is 1.89. The minimum atomic E-state index is -2.48. The van der Waals surface area contributed by atoms with Gasteiger partial charge in [-0.3, -0.25) is 4.98 Å². The van der Waals surface area contributed by atoms with E-state index in [-0.39, 0.29) is 0 Å². The van der Waals surface area contributed by atoms with Crippen LogP contribution in [0.1, 0.15) is 0 Å². The van der Waals surface area contributed by atoms with E-state index in [9.17, 15) is 5.11 Å². The fourth-order valence-corrected chi connectivity index (χ4v) is 9.43. The first-order valence-corrected chi connectivity index (χ1v) is 10.7. The highest BCUT2D eigenvalue weighted by molar-refractivity contribution is 7.22. The van der Waals surface area contributed by atoms with Crippen LogP contribution in [0.2, 0.25) is 0 Å². The van der Waals surface area contributed by atoms with Gasteiger partial charge in [0, 0.05) is 11.8 Å². The summed E-state index contributed by atoms with van der Waals surface area (Å²) in [5, 5.41) is 15.8. The van der Waals surface area contributed by atoms with E-state index in [1.165, 1.54) is 20.7 Å². The normalized spacial score (nSPS) is 13.8. The fourth-order valence-electron chi connectivity index (χ4n) is 4.32. The number of rotatable bonds is 2. The maximum atomic E-state index is 10.7. The van der Waals surface area contributed by atoms with Gasteiger partial charge in [-0.1, -0.05) is 78.9 Å². The van der Waals surface area contributed by atoms with E-state index in [0.717, 1.165) is 11.3 Å². The van der Waals surface area contributed by atoms with Gasteiger partial charge in [0.25, 0.3) is 0 Å². The van der Waals surface area contributed by atoms with Gasteiger partial charge in [-0.25, -0.2) is 0 Å². The summed E-state index contributed by atoms with van der Waals surface area (Å²) in [6, 6.07) is 31.5. The van der Waals surface area contributed by atoms with Crippen LogP contribution in [0.25, 0.3) is 11.3 Å². The van der Waals surface area contributed by atoms with Crippen LogP contribution in [0.3, 0.4) is 0 Å². The highest BCUT2D eigenvalue weighted by Gasteiger charge is 2.49. The zero-order valence-electron chi connectivity index (χ0n) is 14.1. The molecule has 3 heteroatoms. The smallest absolute Gasteiger partial charge is 0.182 e. The van der Waals surface area contributed by atoms with Gasteiger partial charge in [0.2, 0.25) is 0 Å². The molecule has 3 aromatic carbocycles. The van der Waals surface area contributed by atoms with Crippen LogP contribution in [-0.2, 0) is 0 Å². The molecule has 0 spiro atoms. The number of pyridine rings is 1. The molecule has 0 bridgehead atoms. The van der Waals surface area contributed by atoms with Gasteiger partial charge < -0.3 is 5.11 Å². The Hall–Kier alpha value is -3.17. The number of phenolic OH excluding ortho intramolecular Hbond substituents is 1. The Morgan fingerprint density at radius 2 is 1.23 bits per heavy atom.